The van der Waals surface area contributed by atoms with E-state index >= 15 is 0 Å². The van der Waals surface area contributed by atoms with Crippen LogP contribution >= 0.6 is 11.8 Å². The molecule has 0 aromatic carbocycles. The van der Waals surface area contributed by atoms with E-state index in [0.717, 1.165) is 12.2 Å². The molecule has 3 nitrogen and oxygen atoms in total. The van der Waals surface area contributed by atoms with Gasteiger partial charge in [-0.3, -0.25) is 0 Å². The minimum Gasteiger partial charge on any atom is -0.333 e. The Morgan fingerprint density at radius 2 is 2.29 bits per heavy atom. The number of thioether (sulfide) groups is 1. The van der Waals surface area contributed by atoms with Crippen molar-refractivity contribution in [3.05, 3.63) is 18.2 Å². The van der Waals surface area contributed by atoms with E-state index in [-0.39, 0.29) is 5.54 Å². The van der Waals surface area contributed by atoms with Gasteiger partial charge < -0.3 is 10.3 Å². The number of aryl methyl sites for hydroxylation is 1. The fourth-order valence-corrected chi connectivity index (χ4v) is 1.83. The van der Waals surface area contributed by atoms with Gasteiger partial charge in [0.1, 0.15) is 0 Å². The topological polar surface area (TPSA) is 43.8 Å². The first-order valence-corrected chi connectivity index (χ1v) is 6.23. The summed E-state index contributed by atoms with van der Waals surface area (Å²) in [7, 11) is 0. The number of hydrogen-bond donors (Lipinski definition) is 1. The zero-order valence-electron chi connectivity index (χ0n) is 9.16. The van der Waals surface area contributed by atoms with Gasteiger partial charge in [-0.1, -0.05) is 0 Å². The third-order valence-electron chi connectivity index (χ3n) is 2.12. The quantitative estimate of drug-likeness (QED) is 0.759. The first-order valence-electron chi connectivity index (χ1n) is 4.84. The van der Waals surface area contributed by atoms with E-state index in [1.807, 2.05) is 38.1 Å². The van der Waals surface area contributed by atoms with Crippen LogP contribution in [0.4, 0.5) is 0 Å². The molecule has 0 atom stereocenters. The van der Waals surface area contributed by atoms with Crippen LogP contribution in [-0.4, -0.2) is 21.6 Å². The Morgan fingerprint density at radius 1 is 1.57 bits per heavy atom. The van der Waals surface area contributed by atoms with Gasteiger partial charge in [0, 0.05) is 12.7 Å². The largest absolute Gasteiger partial charge is 0.333 e. The molecule has 0 amide bonds. The molecule has 0 radical (unpaired) electrons. The second kappa shape index (κ2) is 4.84. The zero-order valence-corrected chi connectivity index (χ0v) is 9.97. The summed E-state index contributed by atoms with van der Waals surface area (Å²) in [6.45, 7) is 5.03. The highest BCUT2D eigenvalue weighted by Crippen LogP contribution is 2.16. The van der Waals surface area contributed by atoms with E-state index in [9.17, 15) is 0 Å². The molecule has 0 aliphatic rings. The van der Waals surface area contributed by atoms with Crippen molar-refractivity contribution in [1.82, 2.24) is 9.55 Å². The van der Waals surface area contributed by atoms with Gasteiger partial charge in [0.15, 0.2) is 0 Å². The van der Waals surface area contributed by atoms with Gasteiger partial charge in [-0.15, -0.1) is 0 Å². The number of aromatic nitrogens is 2. The molecule has 0 aliphatic carbocycles. The Morgan fingerprint density at radius 3 is 2.86 bits per heavy atom. The van der Waals surface area contributed by atoms with Crippen LogP contribution in [0.25, 0.3) is 0 Å². The Balaban J connectivity index is 2.63. The average molecular weight is 213 g/mol. The molecule has 0 aliphatic heterocycles. The third-order valence-corrected chi connectivity index (χ3v) is 2.82. The summed E-state index contributed by atoms with van der Waals surface area (Å²) in [5, 5.41) is 0. The maximum Gasteiger partial charge on any atom is 0.0948 e. The maximum absolute atomic E-state index is 6.04. The fourth-order valence-electron chi connectivity index (χ4n) is 1.41. The first kappa shape index (κ1) is 11.6. The summed E-state index contributed by atoms with van der Waals surface area (Å²) < 4.78 is 2.15. The van der Waals surface area contributed by atoms with Crippen molar-refractivity contribution in [3.8, 4) is 0 Å². The molecular weight excluding hydrogens is 194 g/mol. The molecule has 0 unspecified atom stereocenters. The van der Waals surface area contributed by atoms with Crippen molar-refractivity contribution < 1.29 is 0 Å². The van der Waals surface area contributed by atoms with Crippen LogP contribution in [0.5, 0.6) is 0 Å². The minimum atomic E-state index is -0.296. The Hall–Kier alpha value is -0.480. The highest BCUT2D eigenvalue weighted by Gasteiger charge is 2.18. The van der Waals surface area contributed by atoms with E-state index in [0.29, 0.717) is 0 Å². The molecule has 0 bridgehead atoms. The Kier molecular flexibility index (Phi) is 4.01. The molecule has 1 aromatic rings. The molecule has 1 rings (SSSR count). The lowest BCUT2D eigenvalue weighted by Crippen LogP contribution is -2.31. The van der Waals surface area contributed by atoms with Crippen molar-refractivity contribution in [2.24, 2.45) is 5.73 Å². The second-order valence-corrected chi connectivity index (χ2v) is 5.03. The average Bonchev–Trinajstić information content (AvgIpc) is 2.52. The van der Waals surface area contributed by atoms with Crippen LogP contribution in [0.2, 0.25) is 0 Å². The molecule has 80 valence electrons. The van der Waals surface area contributed by atoms with E-state index in [1.165, 1.54) is 12.2 Å². The van der Waals surface area contributed by atoms with E-state index in [1.54, 1.807) is 0 Å². The van der Waals surface area contributed by atoms with E-state index < -0.39 is 0 Å². The summed E-state index contributed by atoms with van der Waals surface area (Å²) in [5.41, 5.74) is 6.85. The van der Waals surface area contributed by atoms with E-state index in [2.05, 4.69) is 15.8 Å². The second-order valence-electron chi connectivity index (χ2n) is 4.04. The maximum atomic E-state index is 6.04. The summed E-state index contributed by atoms with van der Waals surface area (Å²) in [6, 6.07) is 0. The predicted molar refractivity (Wildman–Crippen MR) is 62.4 cm³/mol. The molecule has 1 aromatic heterocycles. The van der Waals surface area contributed by atoms with Crippen LogP contribution in [0.1, 0.15) is 26.0 Å². The molecule has 0 spiro atoms. The third kappa shape index (κ3) is 3.03. The monoisotopic (exact) mass is 213 g/mol. The van der Waals surface area contributed by atoms with Crippen LogP contribution in [0.3, 0.4) is 0 Å². The van der Waals surface area contributed by atoms with Crippen LogP contribution < -0.4 is 5.73 Å². The predicted octanol–water partition coefficient (Wildman–Crippen LogP) is 1.83. The lowest BCUT2D eigenvalue weighted by molar-refractivity contribution is 0.490. The van der Waals surface area contributed by atoms with Crippen LogP contribution in [0, 0.1) is 0 Å². The molecule has 0 saturated heterocycles. The van der Waals surface area contributed by atoms with E-state index in [4.69, 9.17) is 5.73 Å². The normalized spacial score (nSPS) is 12.0. The number of nitrogens with zero attached hydrogens (tertiary/aromatic N) is 2. The SMILES string of the molecule is CSCCCn1cncc1C(C)(C)N. The number of imidazole rings is 1. The molecule has 0 fully saturated rings. The van der Waals surface area contributed by atoms with Gasteiger partial charge in [-0.05, 0) is 32.3 Å². The molecule has 2 N–H and O–H groups in total. The molecule has 4 heteroatoms. The van der Waals surface area contributed by atoms with Crippen molar-refractivity contribution >= 4 is 11.8 Å². The highest BCUT2D eigenvalue weighted by atomic mass is 32.2. The van der Waals surface area contributed by atoms with Crippen molar-refractivity contribution in [2.45, 2.75) is 32.4 Å². The van der Waals surface area contributed by atoms with Crippen molar-refractivity contribution in [1.29, 1.82) is 0 Å². The van der Waals surface area contributed by atoms with Crippen molar-refractivity contribution in [2.75, 3.05) is 12.0 Å². The molecule has 0 saturated carbocycles. The number of nitrogens with two attached hydrogens (primary N) is 1. The lowest BCUT2D eigenvalue weighted by atomic mass is 10.0. The summed E-state index contributed by atoms with van der Waals surface area (Å²) >= 11 is 1.87. The minimum absolute atomic E-state index is 0.296. The van der Waals surface area contributed by atoms with Crippen molar-refractivity contribution in [3.63, 3.8) is 0 Å². The fraction of sp³-hybridized carbons (Fsp3) is 0.700. The number of hydrogen-bond acceptors (Lipinski definition) is 3. The molecule has 1 heterocycles. The molecular formula is C10H19N3S. The lowest BCUT2D eigenvalue weighted by Gasteiger charge is -2.20. The first-order chi connectivity index (χ1) is 6.55. The smallest absolute Gasteiger partial charge is 0.0948 e. The Labute approximate surface area is 90.1 Å². The summed E-state index contributed by atoms with van der Waals surface area (Å²) in [5.74, 6) is 1.18. The summed E-state index contributed by atoms with van der Waals surface area (Å²) in [4.78, 5) is 4.14. The zero-order chi connectivity index (χ0) is 10.6. The van der Waals surface area contributed by atoms with Gasteiger partial charge >= 0.3 is 0 Å². The standard InChI is InChI=1S/C10H19N3S/c1-10(2,11)9-7-12-8-13(9)5-4-6-14-3/h7-8H,4-6,11H2,1-3H3. The van der Waals surface area contributed by atoms with Gasteiger partial charge in [-0.25, -0.2) is 4.98 Å². The summed E-state index contributed by atoms with van der Waals surface area (Å²) in [6.07, 6.45) is 7.02. The molecule has 14 heavy (non-hydrogen) atoms. The van der Waals surface area contributed by atoms with Gasteiger partial charge in [0.25, 0.3) is 0 Å². The Bertz CT molecular complexity index is 275. The highest BCUT2D eigenvalue weighted by molar-refractivity contribution is 7.98. The van der Waals surface area contributed by atoms with Gasteiger partial charge in [0.2, 0.25) is 0 Å². The van der Waals surface area contributed by atoms with Gasteiger partial charge in [0.05, 0.1) is 17.6 Å². The van der Waals surface area contributed by atoms with Gasteiger partial charge in [-0.2, -0.15) is 11.8 Å². The van der Waals surface area contributed by atoms with Crippen LogP contribution in [0.15, 0.2) is 12.5 Å². The number of rotatable bonds is 5. The van der Waals surface area contributed by atoms with Crippen LogP contribution in [-0.2, 0) is 12.1 Å².